The average Bonchev–Trinajstić information content (AvgIpc) is 2.53. The van der Waals surface area contributed by atoms with E-state index in [1.165, 1.54) is 5.56 Å². The Balaban J connectivity index is 1.95. The lowest BCUT2D eigenvalue weighted by molar-refractivity contribution is -0.120. The minimum Gasteiger partial charge on any atom is -0.368 e. The molecule has 0 aromatic heterocycles. The molecule has 0 radical (unpaired) electrons. The van der Waals surface area contributed by atoms with Crippen molar-refractivity contribution >= 4 is 11.8 Å². The second-order valence-corrected chi connectivity index (χ2v) is 6.18. The Labute approximate surface area is 143 Å². The maximum Gasteiger partial charge on any atom is 0.251 e. The van der Waals surface area contributed by atoms with E-state index in [1.807, 2.05) is 62.4 Å². The Morgan fingerprint density at radius 2 is 1.67 bits per heavy atom. The number of rotatable bonds is 7. The van der Waals surface area contributed by atoms with Crippen LogP contribution in [0.4, 0.5) is 0 Å². The fourth-order valence-corrected chi connectivity index (χ4v) is 2.79. The van der Waals surface area contributed by atoms with Gasteiger partial charge in [0, 0.05) is 5.56 Å². The van der Waals surface area contributed by atoms with E-state index in [9.17, 15) is 9.59 Å². The number of nitrogens with two attached hydrogens (primary N) is 1. The van der Waals surface area contributed by atoms with Crippen molar-refractivity contribution in [1.29, 1.82) is 0 Å². The van der Waals surface area contributed by atoms with Gasteiger partial charge in [0.15, 0.2) is 0 Å². The molecule has 0 spiro atoms. The van der Waals surface area contributed by atoms with E-state index < -0.39 is 11.9 Å². The van der Waals surface area contributed by atoms with Crippen molar-refractivity contribution < 1.29 is 9.59 Å². The molecule has 2 aromatic carbocycles. The van der Waals surface area contributed by atoms with Crippen LogP contribution in [0.3, 0.4) is 0 Å². The summed E-state index contributed by atoms with van der Waals surface area (Å²) in [6.07, 6.45) is 2.16. The largest absolute Gasteiger partial charge is 0.368 e. The van der Waals surface area contributed by atoms with Crippen molar-refractivity contribution in [2.75, 3.05) is 0 Å². The van der Waals surface area contributed by atoms with E-state index in [1.54, 1.807) is 0 Å². The molecule has 2 aromatic rings. The van der Waals surface area contributed by atoms with Crippen molar-refractivity contribution in [1.82, 2.24) is 5.32 Å². The van der Waals surface area contributed by atoms with Crippen LogP contribution in [0.5, 0.6) is 0 Å². The molecule has 0 saturated heterocycles. The molecular weight excluding hydrogens is 300 g/mol. The summed E-state index contributed by atoms with van der Waals surface area (Å²) in [6.45, 7) is 3.88. The van der Waals surface area contributed by atoms with Gasteiger partial charge in [-0.15, -0.1) is 0 Å². The summed E-state index contributed by atoms with van der Waals surface area (Å²) in [5.41, 5.74) is 9.24. The summed E-state index contributed by atoms with van der Waals surface area (Å²) in [7, 11) is 0. The number of amides is 2. The summed E-state index contributed by atoms with van der Waals surface area (Å²) in [6, 6.07) is 15.0. The first-order chi connectivity index (χ1) is 11.5. The van der Waals surface area contributed by atoms with Gasteiger partial charge in [-0.3, -0.25) is 9.59 Å². The second-order valence-electron chi connectivity index (χ2n) is 6.18. The van der Waals surface area contributed by atoms with Crippen molar-refractivity contribution in [2.45, 2.75) is 39.2 Å². The summed E-state index contributed by atoms with van der Waals surface area (Å²) in [5.74, 6) is -0.758. The summed E-state index contributed by atoms with van der Waals surface area (Å²) < 4.78 is 0. The molecule has 0 bridgehead atoms. The molecular formula is C20H24N2O2. The third kappa shape index (κ3) is 5.23. The third-order valence-corrected chi connectivity index (χ3v) is 3.93. The predicted molar refractivity (Wildman–Crippen MR) is 95.7 cm³/mol. The van der Waals surface area contributed by atoms with E-state index in [2.05, 4.69) is 5.32 Å². The number of aryl methyl sites for hydroxylation is 3. The number of hydrogen-bond acceptors (Lipinski definition) is 2. The maximum absolute atomic E-state index is 12.4. The van der Waals surface area contributed by atoms with E-state index in [0.717, 1.165) is 24.0 Å². The van der Waals surface area contributed by atoms with Gasteiger partial charge < -0.3 is 11.1 Å². The van der Waals surface area contributed by atoms with Gasteiger partial charge >= 0.3 is 0 Å². The fraction of sp³-hybridized carbons (Fsp3) is 0.300. The van der Waals surface area contributed by atoms with Gasteiger partial charge in [-0.05, 0) is 50.8 Å². The highest BCUT2D eigenvalue weighted by atomic mass is 16.2. The third-order valence-electron chi connectivity index (χ3n) is 3.93. The molecule has 0 fully saturated rings. The molecule has 2 rings (SSSR count). The monoisotopic (exact) mass is 324 g/mol. The SMILES string of the molecule is Cc1cc(C)cc(C(=O)N[C@@H](CCCc2ccccc2)C(N)=O)c1. The minimum absolute atomic E-state index is 0.259. The first-order valence-electron chi connectivity index (χ1n) is 8.18. The van der Waals surface area contributed by atoms with Crippen LogP contribution in [0.2, 0.25) is 0 Å². The van der Waals surface area contributed by atoms with Crippen LogP contribution < -0.4 is 11.1 Å². The van der Waals surface area contributed by atoms with E-state index in [0.29, 0.717) is 12.0 Å². The molecule has 0 unspecified atom stereocenters. The molecule has 0 saturated carbocycles. The highest BCUT2D eigenvalue weighted by molar-refractivity contribution is 5.97. The van der Waals surface area contributed by atoms with Gasteiger partial charge in [0.05, 0.1) is 0 Å². The zero-order valence-corrected chi connectivity index (χ0v) is 14.2. The lowest BCUT2D eigenvalue weighted by Crippen LogP contribution is -2.44. The van der Waals surface area contributed by atoms with E-state index >= 15 is 0 Å². The topological polar surface area (TPSA) is 72.2 Å². The Morgan fingerprint density at radius 3 is 2.25 bits per heavy atom. The van der Waals surface area contributed by atoms with Gasteiger partial charge in [-0.1, -0.05) is 47.5 Å². The second kappa shape index (κ2) is 8.29. The van der Waals surface area contributed by atoms with Gasteiger partial charge in [-0.2, -0.15) is 0 Å². The van der Waals surface area contributed by atoms with Crippen LogP contribution >= 0.6 is 0 Å². The zero-order valence-electron chi connectivity index (χ0n) is 14.2. The van der Waals surface area contributed by atoms with Crippen LogP contribution in [-0.2, 0) is 11.2 Å². The van der Waals surface area contributed by atoms with E-state index in [-0.39, 0.29) is 5.91 Å². The molecule has 0 heterocycles. The molecule has 24 heavy (non-hydrogen) atoms. The molecule has 4 nitrogen and oxygen atoms in total. The Bertz CT molecular complexity index is 691. The fourth-order valence-electron chi connectivity index (χ4n) is 2.79. The first-order valence-corrected chi connectivity index (χ1v) is 8.18. The predicted octanol–water partition coefficient (Wildman–Crippen LogP) is 2.91. The molecule has 4 heteroatoms. The van der Waals surface area contributed by atoms with Gasteiger partial charge in [-0.25, -0.2) is 0 Å². The van der Waals surface area contributed by atoms with Crippen LogP contribution in [0.15, 0.2) is 48.5 Å². The molecule has 2 amide bonds. The highest BCUT2D eigenvalue weighted by Gasteiger charge is 2.18. The summed E-state index contributed by atoms with van der Waals surface area (Å²) in [5, 5.41) is 2.76. The Hall–Kier alpha value is -2.62. The van der Waals surface area contributed by atoms with Crippen molar-refractivity contribution in [3.8, 4) is 0 Å². The lowest BCUT2D eigenvalue weighted by atomic mass is 10.0. The van der Waals surface area contributed by atoms with Crippen LogP contribution in [-0.4, -0.2) is 17.9 Å². The van der Waals surface area contributed by atoms with Crippen molar-refractivity contribution in [2.24, 2.45) is 5.73 Å². The molecule has 0 aliphatic heterocycles. The number of nitrogens with one attached hydrogen (secondary N) is 1. The minimum atomic E-state index is -0.651. The van der Waals surface area contributed by atoms with Crippen molar-refractivity contribution in [3.63, 3.8) is 0 Å². The number of hydrogen-bond donors (Lipinski definition) is 2. The standard InChI is InChI=1S/C20H24N2O2/c1-14-11-15(2)13-17(12-14)20(24)22-18(19(21)23)10-6-9-16-7-4-3-5-8-16/h3-5,7-8,11-13,18H,6,9-10H2,1-2H3,(H2,21,23)(H,22,24)/t18-/m0/s1. The molecule has 1 atom stereocenters. The number of primary amides is 1. The zero-order chi connectivity index (χ0) is 17.5. The number of benzene rings is 2. The van der Waals surface area contributed by atoms with Crippen molar-refractivity contribution in [3.05, 3.63) is 70.8 Å². The smallest absolute Gasteiger partial charge is 0.251 e. The number of carbonyl (C=O) groups excluding carboxylic acids is 2. The van der Waals surface area contributed by atoms with Gasteiger partial charge in [0.1, 0.15) is 6.04 Å². The first kappa shape index (κ1) is 17.7. The quantitative estimate of drug-likeness (QED) is 0.822. The highest BCUT2D eigenvalue weighted by Crippen LogP contribution is 2.11. The van der Waals surface area contributed by atoms with E-state index in [4.69, 9.17) is 5.73 Å². The summed E-state index contributed by atoms with van der Waals surface area (Å²) in [4.78, 5) is 24.0. The summed E-state index contributed by atoms with van der Waals surface area (Å²) >= 11 is 0. The Morgan fingerprint density at radius 1 is 1.04 bits per heavy atom. The van der Waals surface area contributed by atoms with Crippen LogP contribution in [0.1, 0.15) is 39.9 Å². The average molecular weight is 324 g/mol. The maximum atomic E-state index is 12.4. The Kier molecular flexibility index (Phi) is 6.13. The van der Waals surface area contributed by atoms with Gasteiger partial charge in [0.2, 0.25) is 5.91 Å². The molecule has 0 aliphatic carbocycles. The normalized spacial score (nSPS) is 11.8. The lowest BCUT2D eigenvalue weighted by Gasteiger charge is -2.16. The molecule has 126 valence electrons. The molecule has 0 aliphatic rings. The van der Waals surface area contributed by atoms with Gasteiger partial charge in [0.25, 0.3) is 5.91 Å². The van der Waals surface area contributed by atoms with Crippen LogP contribution in [0, 0.1) is 13.8 Å². The van der Waals surface area contributed by atoms with Crippen LogP contribution in [0.25, 0.3) is 0 Å². The number of carbonyl (C=O) groups is 2. The molecule has 3 N–H and O–H groups in total.